The Morgan fingerprint density at radius 2 is 1.77 bits per heavy atom. The third kappa shape index (κ3) is 3.64. The van der Waals surface area contributed by atoms with Crippen molar-refractivity contribution in [2.45, 2.75) is 19.9 Å². The zero-order chi connectivity index (χ0) is 22.3. The second kappa shape index (κ2) is 8.05. The molecule has 1 atom stereocenters. The number of aliphatic hydroxyl groups excluding tert-OH is 1. The van der Waals surface area contributed by atoms with Gasteiger partial charge in [-0.15, -0.1) is 0 Å². The van der Waals surface area contributed by atoms with E-state index in [2.05, 4.69) is 9.97 Å². The lowest BCUT2D eigenvalue weighted by atomic mass is 9.96. The molecule has 0 aliphatic carbocycles. The molecule has 1 amide bonds. The number of carbonyl (C=O) groups excluding carboxylic acids is 3. The highest BCUT2D eigenvalue weighted by Crippen LogP contribution is 2.44. The summed E-state index contributed by atoms with van der Waals surface area (Å²) in [6, 6.07) is 8.79. The van der Waals surface area contributed by atoms with Crippen LogP contribution in [0, 0.1) is 6.92 Å². The highest BCUT2D eigenvalue weighted by molar-refractivity contribution is 7.18. The van der Waals surface area contributed by atoms with E-state index in [9.17, 15) is 19.5 Å². The average Bonchev–Trinajstić information content (AvgIpc) is 3.26. The van der Waals surface area contributed by atoms with Gasteiger partial charge in [0.05, 0.1) is 22.2 Å². The number of pyridine rings is 1. The molecule has 4 rings (SSSR count). The number of nitrogens with zero attached hydrogens (tertiary/aromatic N) is 3. The number of amides is 1. The minimum absolute atomic E-state index is 0.0734. The van der Waals surface area contributed by atoms with Crippen molar-refractivity contribution in [2.24, 2.45) is 0 Å². The molecule has 156 valence electrons. The fourth-order valence-corrected chi connectivity index (χ4v) is 4.58. The largest absolute Gasteiger partial charge is 0.507 e. The van der Waals surface area contributed by atoms with E-state index < -0.39 is 17.7 Å². The van der Waals surface area contributed by atoms with Crippen LogP contribution < -0.4 is 4.90 Å². The maximum atomic E-state index is 13.1. The van der Waals surface area contributed by atoms with Crippen molar-refractivity contribution in [2.75, 3.05) is 4.90 Å². The molecule has 7 nitrogen and oxygen atoms in total. The highest BCUT2D eigenvalue weighted by atomic mass is 35.5. The lowest BCUT2D eigenvalue weighted by Gasteiger charge is -2.23. The Bertz CT molecular complexity index is 1240. The second-order valence-corrected chi connectivity index (χ2v) is 8.34. The first-order valence-electron chi connectivity index (χ1n) is 9.24. The van der Waals surface area contributed by atoms with E-state index in [4.69, 9.17) is 11.6 Å². The summed E-state index contributed by atoms with van der Waals surface area (Å²) in [6.45, 7) is 3.08. The molecule has 2 aromatic heterocycles. The molecule has 1 aliphatic rings. The Balaban J connectivity index is 1.95. The summed E-state index contributed by atoms with van der Waals surface area (Å²) in [5, 5.41) is 11.7. The number of aryl methyl sites for hydroxylation is 1. The minimum Gasteiger partial charge on any atom is -0.507 e. The summed E-state index contributed by atoms with van der Waals surface area (Å²) in [6.07, 6.45) is 2.96. The molecule has 1 unspecified atom stereocenters. The molecule has 0 radical (unpaired) electrons. The van der Waals surface area contributed by atoms with Crippen molar-refractivity contribution in [3.63, 3.8) is 0 Å². The molecule has 9 heteroatoms. The molecule has 0 saturated carbocycles. The maximum absolute atomic E-state index is 13.1. The molecule has 0 bridgehead atoms. The van der Waals surface area contributed by atoms with Crippen LogP contribution in [0.25, 0.3) is 5.76 Å². The summed E-state index contributed by atoms with van der Waals surface area (Å²) in [4.78, 5) is 47.9. The smallest absolute Gasteiger partial charge is 0.301 e. The molecular weight excluding hydrogens is 438 g/mol. The number of rotatable bonds is 4. The number of benzene rings is 1. The van der Waals surface area contributed by atoms with Crippen LogP contribution >= 0.6 is 22.9 Å². The van der Waals surface area contributed by atoms with Gasteiger partial charge in [0.2, 0.25) is 0 Å². The van der Waals surface area contributed by atoms with Gasteiger partial charge in [-0.3, -0.25) is 24.3 Å². The number of hydrogen-bond donors (Lipinski definition) is 1. The monoisotopic (exact) mass is 453 g/mol. The van der Waals surface area contributed by atoms with Crippen molar-refractivity contribution >= 4 is 51.3 Å². The van der Waals surface area contributed by atoms with Gasteiger partial charge < -0.3 is 5.11 Å². The van der Waals surface area contributed by atoms with E-state index in [1.165, 1.54) is 24.2 Å². The van der Waals surface area contributed by atoms with Gasteiger partial charge in [0.25, 0.3) is 5.78 Å². The Morgan fingerprint density at radius 1 is 1.13 bits per heavy atom. The minimum atomic E-state index is -0.934. The van der Waals surface area contributed by atoms with Gasteiger partial charge in [-0.1, -0.05) is 35.1 Å². The Kier molecular flexibility index (Phi) is 5.43. The first kappa shape index (κ1) is 20.9. The Hall–Kier alpha value is -3.36. The summed E-state index contributed by atoms with van der Waals surface area (Å²) >= 11 is 7.05. The van der Waals surface area contributed by atoms with Crippen LogP contribution in [0.5, 0.6) is 0 Å². The Morgan fingerprint density at radius 3 is 2.35 bits per heavy atom. The van der Waals surface area contributed by atoms with Crippen LogP contribution in [0.3, 0.4) is 0 Å². The summed E-state index contributed by atoms with van der Waals surface area (Å²) in [5.41, 5.74) is 1.32. The van der Waals surface area contributed by atoms with E-state index in [0.29, 0.717) is 26.7 Å². The normalized spacial score (nSPS) is 17.9. The first-order valence-corrected chi connectivity index (χ1v) is 10.4. The molecule has 1 N–H and O–H groups in total. The predicted octanol–water partition coefficient (Wildman–Crippen LogP) is 4.33. The van der Waals surface area contributed by atoms with Gasteiger partial charge in [0.1, 0.15) is 5.76 Å². The van der Waals surface area contributed by atoms with Crippen molar-refractivity contribution in [1.82, 2.24) is 9.97 Å². The maximum Gasteiger partial charge on any atom is 0.301 e. The number of aromatic nitrogens is 2. The molecule has 1 aliphatic heterocycles. The zero-order valence-electron chi connectivity index (χ0n) is 16.5. The van der Waals surface area contributed by atoms with Gasteiger partial charge in [-0.25, -0.2) is 4.98 Å². The number of ketones is 2. The van der Waals surface area contributed by atoms with Crippen LogP contribution in [-0.4, -0.2) is 32.5 Å². The third-order valence-electron chi connectivity index (χ3n) is 4.90. The number of halogens is 1. The fraction of sp³-hybridized carbons (Fsp3) is 0.136. The number of thiazole rings is 1. The number of Topliss-reactive ketones (excluding diaryl/α,β-unsaturated/α-hetero) is 2. The van der Waals surface area contributed by atoms with E-state index >= 15 is 0 Å². The number of aliphatic hydroxyl groups is 1. The van der Waals surface area contributed by atoms with E-state index in [0.717, 1.165) is 11.3 Å². The van der Waals surface area contributed by atoms with Crippen molar-refractivity contribution in [3.05, 3.63) is 81.1 Å². The third-order valence-corrected chi connectivity index (χ3v) is 6.40. The molecular formula is C22H16ClN3O4S. The first-order chi connectivity index (χ1) is 14.8. The molecule has 1 aromatic carbocycles. The zero-order valence-corrected chi connectivity index (χ0v) is 18.1. The molecule has 0 spiro atoms. The van der Waals surface area contributed by atoms with Crippen LogP contribution in [0.2, 0.25) is 5.02 Å². The molecule has 3 heterocycles. The van der Waals surface area contributed by atoms with Gasteiger partial charge in [-0.2, -0.15) is 0 Å². The van der Waals surface area contributed by atoms with Crippen LogP contribution in [0.4, 0.5) is 5.13 Å². The average molecular weight is 454 g/mol. The summed E-state index contributed by atoms with van der Waals surface area (Å²) in [5.74, 6) is -2.17. The molecule has 1 saturated heterocycles. The second-order valence-electron chi connectivity index (χ2n) is 6.92. The standard InChI is InChI=1S/C22H16ClN3O4S/c1-11-20(12(2)27)31-22(25-11)26-17(13-3-5-15(23)6-4-13)16(19(29)21(26)30)18(28)14-7-9-24-10-8-14/h3-10,17,28H,1-2H3. The number of anilines is 1. The topological polar surface area (TPSA) is 100 Å². The van der Waals surface area contributed by atoms with Crippen LogP contribution in [0.15, 0.2) is 54.4 Å². The lowest BCUT2D eigenvalue weighted by Crippen LogP contribution is -2.29. The van der Waals surface area contributed by atoms with Crippen molar-refractivity contribution in [3.8, 4) is 0 Å². The quantitative estimate of drug-likeness (QED) is 0.273. The SMILES string of the molecule is CC(=O)c1sc(N2C(=O)C(=O)C(=C(O)c3ccncc3)C2c2ccc(Cl)cc2)nc1C. The van der Waals surface area contributed by atoms with E-state index in [-0.39, 0.29) is 22.2 Å². The van der Waals surface area contributed by atoms with Crippen LogP contribution in [-0.2, 0) is 9.59 Å². The van der Waals surface area contributed by atoms with Crippen molar-refractivity contribution in [1.29, 1.82) is 0 Å². The molecule has 1 fully saturated rings. The number of hydrogen-bond acceptors (Lipinski definition) is 7. The summed E-state index contributed by atoms with van der Waals surface area (Å²) in [7, 11) is 0. The predicted molar refractivity (Wildman–Crippen MR) is 117 cm³/mol. The Labute approximate surface area is 186 Å². The molecule has 31 heavy (non-hydrogen) atoms. The van der Waals surface area contributed by atoms with Gasteiger partial charge in [0.15, 0.2) is 10.9 Å². The van der Waals surface area contributed by atoms with Crippen molar-refractivity contribution < 1.29 is 19.5 Å². The van der Waals surface area contributed by atoms with E-state index in [1.54, 1.807) is 43.3 Å². The summed E-state index contributed by atoms with van der Waals surface area (Å²) < 4.78 is 0. The molecule has 3 aromatic rings. The van der Waals surface area contributed by atoms with E-state index in [1.807, 2.05) is 0 Å². The highest BCUT2D eigenvalue weighted by Gasteiger charge is 2.48. The van der Waals surface area contributed by atoms with Gasteiger partial charge >= 0.3 is 5.91 Å². The van der Waals surface area contributed by atoms with Gasteiger partial charge in [0, 0.05) is 29.9 Å². The van der Waals surface area contributed by atoms with Crippen LogP contribution in [0.1, 0.15) is 39.5 Å². The number of carbonyl (C=O) groups is 3. The fourth-order valence-electron chi connectivity index (χ4n) is 3.47. The van der Waals surface area contributed by atoms with Gasteiger partial charge in [-0.05, 0) is 36.8 Å². The lowest BCUT2D eigenvalue weighted by molar-refractivity contribution is -0.132.